The number of aryl methyl sites for hydroxylation is 2. The zero-order chi connectivity index (χ0) is 24.5. The van der Waals surface area contributed by atoms with E-state index in [0.29, 0.717) is 49.4 Å². The fourth-order valence-electron chi connectivity index (χ4n) is 4.08. The Morgan fingerprint density at radius 3 is 2.59 bits per heavy atom. The Bertz CT molecular complexity index is 1370. The Hall–Kier alpha value is -3.02. The number of H-pyrrole nitrogens is 1. The van der Waals surface area contributed by atoms with Crippen LogP contribution in [0.4, 0.5) is 0 Å². The number of hydrogen-bond donors (Lipinski definition) is 1. The molecule has 34 heavy (non-hydrogen) atoms. The number of benzene rings is 1. The van der Waals surface area contributed by atoms with Gasteiger partial charge in [-0.3, -0.25) is 9.48 Å². The molecular formula is C23H30N6O4S. The van der Waals surface area contributed by atoms with Gasteiger partial charge in [-0.25, -0.2) is 13.4 Å². The minimum absolute atomic E-state index is 0.126. The first kappa shape index (κ1) is 24.1. The molecule has 2 aromatic heterocycles. The number of sulfonamides is 1. The zero-order valence-electron chi connectivity index (χ0n) is 19.7. The molecule has 0 radical (unpaired) electrons. The molecule has 1 fully saturated rings. The van der Waals surface area contributed by atoms with Crippen molar-refractivity contribution in [2.75, 3.05) is 39.8 Å². The highest BCUT2D eigenvalue weighted by Gasteiger charge is 2.29. The SMILES string of the molecule is C=CCOc1ccc(S(=O)(=O)N2CCN(C)CC2)cc1-c1nc2c(CCC)n(C)nc2c(=O)[nH]1. The molecule has 0 aliphatic carbocycles. The van der Waals surface area contributed by atoms with Gasteiger partial charge in [0.25, 0.3) is 5.56 Å². The van der Waals surface area contributed by atoms with Gasteiger partial charge in [0.15, 0.2) is 5.52 Å². The van der Waals surface area contributed by atoms with E-state index in [0.717, 1.165) is 12.1 Å². The Kier molecular flexibility index (Phi) is 6.87. The topological polar surface area (TPSA) is 113 Å². The summed E-state index contributed by atoms with van der Waals surface area (Å²) in [7, 11) is 0.0310. The van der Waals surface area contributed by atoms with Crippen LogP contribution in [0.25, 0.3) is 22.4 Å². The minimum Gasteiger partial charge on any atom is -0.489 e. The maximum Gasteiger partial charge on any atom is 0.279 e. The molecule has 0 saturated carbocycles. The molecule has 0 unspecified atom stereocenters. The van der Waals surface area contributed by atoms with Crippen LogP contribution in [0.5, 0.6) is 5.75 Å². The van der Waals surface area contributed by atoms with Gasteiger partial charge in [0.05, 0.1) is 16.2 Å². The molecule has 10 nitrogen and oxygen atoms in total. The largest absolute Gasteiger partial charge is 0.489 e. The molecule has 3 aromatic rings. The molecule has 1 N–H and O–H groups in total. The molecule has 4 rings (SSSR count). The van der Waals surface area contributed by atoms with Crippen LogP contribution in [0.3, 0.4) is 0 Å². The number of aromatic nitrogens is 4. The standard InChI is InChI=1S/C23H30N6O4S/c1-5-7-18-20-21(26-28(18)4)23(30)25-22(24-20)17-15-16(8-9-19(17)33-14-6-2)34(31,32)29-12-10-27(3)11-13-29/h6,8-9,15H,2,5,7,10-14H2,1,3-4H3,(H,24,25,30). The summed E-state index contributed by atoms with van der Waals surface area (Å²) >= 11 is 0. The fraction of sp³-hybridized carbons (Fsp3) is 0.435. The first-order valence-electron chi connectivity index (χ1n) is 11.3. The maximum atomic E-state index is 13.4. The number of aromatic amines is 1. The third-order valence-electron chi connectivity index (χ3n) is 5.96. The van der Waals surface area contributed by atoms with Crippen molar-refractivity contribution in [3.63, 3.8) is 0 Å². The number of fused-ring (bicyclic) bond motifs is 1. The second-order valence-corrected chi connectivity index (χ2v) is 10.3. The average molecular weight is 487 g/mol. The van der Waals surface area contributed by atoms with Crippen molar-refractivity contribution in [3.8, 4) is 17.1 Å². The van der Waals surface area contributed by atoms with Crippen molar-refractivity contribution in [3.05, 3.63) is 46.9 Å². The van der Waals surface area contributed by atoms with Crippen LogP contribution in [-0.2, 0) is 23.5 Å². The van der Waals surface area contributed by atoms with E-state index in [1.165, 1.54) is 16.4 Å². The molecule has 182 valence electrons. The number of hydrogen-bond acceptors (Lipinski definition) is 7. The van der Waals surface area contributed by atoms with E-state index in [9.17, 15) is 13.2 Å². The summed E-state index contributed by atoms with van der Waals surface area (Å²) in [6.45, 7) is 8.10. The fourth-order valence-corrected chi connectivity index (χ4v) is 5.52. The quantitative estimate of drug-likeness (QED) is 0.483. The van der Waals surface area contributed by atoms with E-state index in [1.807, 2.05) is 14.0 Å². The van der Waals surface area contributed by atoms with Crippen LogP contribution in [0, 0.1) is 0 Å². The smallest absolute Gasteiger partial charge is 0.279 e. The number of piperazine rings is 1. The molecule has 1 aliphatic heterocycles. The highest BCUT2D eigenvalue weighted by Crippen LogP contribution is 2.32. The van der Waals surface area contributed by atoms with Gasteiger partial charge < -0.3 is 14.6 Å². The van der Waals surface area contributed by atoms with Crippen molar-refractivity contribution >= 4 is 21.1 Å². The third-order valence-corrected chi connectivity index (χ3v) is 7.85. The van der Waals surface area contributed by atoms with Crippen molar-refractivity contribution in [1.29, 1.82) is 0 Å². The number of likely N-dealkylation sites (N-methyl/N-ethyl adjacent to an activating group) is 1. The summed E-state index contributed by atoms with van der Waals surface area (Å²) in [4.78, 5) is 22.6. The lowest BCUT2D eigenvalue weighted by atomic mass is 10.1. The van der Waals surface area contributed by atoms with Crippen LogP contribution < -0.4 is 10.3 Å². The van der Waals surface area contributed by atoms with Crippen LogP contribution in [0.2, 0.25) is 0 Å². The Labute approximate surface area is 198 Å². The summed E-state index contributed by atoms with van der Waals surface area (Å²) in [6.07, 6.45) is 3.17. The van der Waals surface area contributed by atoms with Crippen LogP contribution in [0.15, 0.2) is 40.5 Å². The van der Waals surface area contributed by atoms with Crippen LogP contribution in [-0.4, -0.2) is 77.2 Å². The Morgan fingerprint density at radius 1 is 1.18 bits per heavy atom. The lowest BCUT2D eigenvalue weighted by Crippen LogP contribution is -2.47. The number of nitrogens with zero attached hydrogens (tertiary/aromatic N) is 5. The molecule has 1 aliphatic rings. The van der Waals surface area contributed by atoms with Gasteiger partial charge in [-0.15, -0.1) is 0 Å². The first-order valence-corrected chi connectivity index (χ1v) is 12.7. The molecule has 0 atom stereocenters. The maximum absolute atomic E-state index is 13.4. The van der Waals surface area contributed by atoms with Crippen molar-refractivity contribution in [2.45, 2.75) is 24.7 Å². The predicted molar refractivity (Wildman–Crippen MR) is 131 cm³/mol. The van der Waals surface area contributed by atoms with Gasteiger partial charge in [0, 0.05) is 33.2 Å². The second kappa shape index (κ2) is 9.69. The molecule has 3 heterocycles. The van der Waals surface area contributed by atoms with E-state index in [1.54, 1.807) is 23.9 Å². The van der Waals surface area contributed by atoms with Gasteiger partial charge >= 0.3 is 0 Å². The molecule has 1 aromatic carbocycles. The van der Waals surface area contributed by atoms with E-state index in [2.05, 4.69) is 21.6 Å². The molecule has 11 heteroatoms. The van der Waals surface area contributed by atoms with Crippen LogP contribution in [0.1, 0.15) is 19.0 Å². The summed E-state index contributed by atoms with van der Waals surface area (Å²) in [5.74, 6) is 0.637. The summed E-state index contributed by atoms with van der Waals surface area (Å²) in [6, 6.07) is 4.65. The lowest BCUT2D eigenvalue weighted by Gasteiger charge is -2.31. The number of ether oxygens (including phenoxy) is 1. The normalized spacial score (nSPS) is 15.6. The van der Waals surface area contributed by atoms with Crippen molar-refractivity contribution in [1.82, 2.24) is 29.0 Å². The number of nitrogens with one attached hydrogen (secondary N) is 1. The van der Waals surface area contributed by atoms with Crippen molar-refractivity contribution in [2.24, 2.45) is 7.05 Å². The van der Waals surface area contributed by atoms with Gasteiger partial charge in [-0.1, -0.05) is 26.0 Å². The Balaban J connectivity index is 1.86. The number of rotatable bonds is 8. The van der Waals surface area contributed by atoms with E-state index in [-0.39, 0.29) is 28.4 Å². The Morgan fingerprint density at radius 2 is 1.91 bits per heavy atom. The van der Waals surface area contributed by atoms with Gasteiger partial charge in [-0.2, -0.15) is 9.40 Å². The zero-order valence-corrected chi connectivity index (χ0v) is 20.6. The molecular weight excluding hydrogens is 456 g/mol. The van der Waals surface area contributed by atoms with Gasteiger partial charge in [0.2, 0.25) is 10.0 Å². The van der Waals surface area contributed by atoms with E-state index in [4.69, 9.17) is 9.72 Å². The average Bonchev–Trinajstić information content (AvgIpc) is 3.14. The summed E-state index contributed by atoms with van der Waals surface area (Å²) in [5.41, 5.74) is 1.61. The monoisotopic (exact) mass is 486 g/mol. The predicted octanol–water partition coefficient (Wildman–Crippen LogP) is 1.78. The second-order valence-electron chi connectivity index (χ2n) is 8.40. The summed E-state index contributed by atoms with van der Waals surface area (Å²) in [5, 5.41) is 4.32. The van der Waals surface area contributed by atoms with Crippen molar-refractivity contribution < 1.29 is 13.2 Å². The minimum atomic E-state index is -3.72. The van der Waals surface area contributed by atoms with E-state index >= 15 is 0 Å². The molecule has 0 bridgehead atoms. The molecule has 0 amide bonds. The molecule has 0 spiro atoms. The first-order chi connectivity index (χ1) is 16.3. The van der Waals surface area contributed by atoms with Gasteiger partial charge in [0.1, 0.15) is 23.7 Å². The third kappa shape index (κ3) is 4.50. The summed E-state index contributed by atoms with van der Waals surface area (Å²) < 4.78 is 35.7. The molecule has 1 saturated heterocycles. The lowest BCUT2D eigenvalue weighted by molar-refractivity contribution is 0.222. The van der Waals surface area contributed by atoms with Crippen LogP contribution >= 0.6 is 0 Å². The highest BCUT2D eigenvalue weighted by atomic mass is 32.2. The highest BCUT2D eigenvalue weighted by molar-refractivity contribution is 7.89. The van der Waals surface area contributed by atoms with E-state index < -0.39 is 10.0 Å². The van der Waals surface area contributed by atoms with Gasteiger partial charge in [-0.05, 0) is 31.7 Å².